The van der Waals surface area contributed by atoms with Gasteiger partial charge in [0, 0.05) is 17.4 Å². The van der Waals surface area contributed by atoms with Crippen LogP contribution in [0.25, 0.3) is 0 Å². The number of nitrogens with zero attached hydrogens (tertiary/aromatic N) is 1. The fourth-order valence-electron chi connectivity index (χ4n) is 3.11. The van der Waals surface area contributed by atoms with E-state index in [2.05, 4.69) is 0 Å². The third-order valence-corrected chi connectivity index (χ3v) is 4.36. The number of hydrogen-bond donors (Lipinski definition) is 0. The van der Waals surface area contributed by atoms with Crippen LogP contribution in [0, 0.1) is 5.41 Å². The van der Waals surface area contributed by atoms with Gasteiger partial charge in [-0.1, -0.05) is 69.3 Å². The Bertz CT molecular complexity index is 750. The van der Waals surface area contributed by atoms with E-state index in [-0.39, 0.29) is 17.3 Å². The number of hydrogen-bond acceptors (Lipinski definition) is 3. The van der Waals surface area contributed by atoms with Crippen molar-refractivity contribution in [2.45, 2.75) is 39.5 Å². The third kappa shape index (κ3) is 3.58. The summed E-state index contributed by atoms with van der Waals surface area (Å²) < 4.78 is 5.63. The van der Waals surface area contributed by atoms with Crippen molar-refractivity contribution >= 4 is 11.9 Å². The van der Waals surface area contributed by atoms with Crippen molar-refractivity contribution in [1.29, 1.82) is 0 Å². The van der Waals surface area contributed by atoms with Crippen molar-refractivity contribution in [3.8, 4) is 0 Å². The molecule has 1 amide bonds. The van der Waals surface area contributed by atoms with Gasteiger partial charge in [-0.25, -0.2) is 4.79 Å². The van der Waals surface area contributed by atoms with Gasteiger partial charge < -0.3 is 4.74 Å². The number of carbonyl (C=O) groups excluding carboxylic acids is 2. The van der Waals surface area contributed by atoms with Gasteiger partial charge in [0.15, 0.2) is 6.23 Å². The number of amides is 1. The summed E-state index contributed by atoms with van der Waals surface area (Å²) in [5, 5.41) is 0. The second kappa shape index (κ2) is 6.71. The van der Waals surface area contributed by atoms with Crippen molar-refractivity contribution in [2.24, 2.45) is 5.41 Å². The first-order valence-corrected chi connectivity index (χ1v) is 8.50. The van der Waals surface area contributed by atoms with Gasteiger partial charge in [-0.2, -0.15) is 0 Å². The van der Waals surface area contributed by atoms with Gasteiger partial charge in [-0.05, 0) is 17.7 Å². The third-order valence-electron chi connectivity index (χ3n) is 4.36. The van der Waals surface area contributed by atoms with E-state index in [0.717, 1.165) is 5.56 Å². The topological polar surface area (TPSA) is 46.6 Å². The molecule has 0 radical (unpaired) electrons. The summed E-state index contributed by atoms with van der Waals surface area (Å²) in [5.74, 6) is -0.514. The van der Waals surface area contributed by atoms with Crippen LogP contribution < -0.4 is 0 Å². The lowest BCUT2D eigenvalue weighted by Gasteiger charge is -2.34. The Balaban J connectivity index is 1.96. The molecule has 4 heteroatoms. The normalized spacial score (nSPS) is 20.4. The van der Waals surface area contributed by atoms with E-state index in [9.17, 15) is 9.59 Å². The zero-order chi connectivity index (χ0) is 18.0. The lowest BCUT2D eigenvalue weighted by Crippen LogP contribution is -2.48. The first-order valence-electron chi connectivity index (χ1n) is 8.50. The predicted molar refractivity (Wildman–Crippen MR) is 95.9 cm³/mol. The summed E-state index contributed by atoms with van der Waals surface area (Å²) >= 11 is 0. The molecule has 1 saturated heterocycles. The fraction of sp³-hybridized carbons (Fsp3) is 0.333. The summed E-state index contributed by atoms with van der Waals surface area (Å²) in [6, 6.07) is 18.2. The Morgan fingerprint density at radius 1 is 1.00 bits per heavy atom. The predicted octanol–water partition coefficient (Wildman–Crippen LogP) is 3.67. The molecule has 25 heavy (non-hydrogen) atoms. The monoisotopic (exact) mass is 337 g/mol. The number of rotatable bonds is 3. The number of ether oxygens (including phenoxy) is 1. The van der Waals surface area contributed by atoms with Crippen molar-refractivity contribution in [3.63, 3.8) is 0 Å². The molecule has 3 rings (SSSR count). The fourth-order valence-corrected chi connectivity index (χ4v) is 3.11. The zero-order valence-electron chi connectivity index (χ0n) is 14.8. The van der Waals surface area contributed by atoms with Crippen LogP contribution in [0.1, 0.15) is 36.7 Å². The molecule has 4 nitrogen and oxygen atoms in total. The van der Waals surface area contributed by atoms with Gasteiger partial charge in [0.05, 0.1) is 0 Å². The highest BCUT2D eigenvalue weighted by Crippen LogP contribution is 2.34. The van der Waals surface area contributed by atoms with Gasteiger partial charge in [0.2, 0.25) is 0 Å². The molecule has 2 aromatic rings. The summed E-state index contributed by atoms with van der Waals surface area (Å²) in [7, 11) is 0. The standard InChI is InChI=1S/C21H23NO3/c1-21(2,3)20-22(18(23)16-12-8-5-9-13-16)17(19(24)25-20)14-15-10-6-4-7-11-15/h4-13,17,20H,14H2,1-3H3. The average molecular weight is 337 g/mol. The smallest absolute Gasteiger partial charge is 0.331 e. The summed E-state index contributed by atoms with van der Waals surface area (Å²) in [4.78, 5) is 27.3. The maximum absolute atomic E-state index is 13.1. The Labute approximate surface area is 148 Å². The van der Waals surface area contributed by atoms with Gasteiger partial charge >= 0.3 is 5.97 Å². The maximum atomic E-state index is 13.1. The lowest BCUT2D eigenvalue weighted by molar-refractivity contribution is -0.147. The first kappa shape index (κ1) is 17.2. The Morgan fingerprint density at radius 3 is 2.12 bits per heavy atom. The molecular formula is C21H23NO3. The summed E-state index contributed by atoms with van der Waals surface area (Å²) in [6.45, 7) is 5.92. The Morgan fingerprint density at radius 2 is 1.56 bits per heavy atom. The molecular weight excluding hydrogens is 314 g/mol. The van der Waals surface area contributed by atoms with Gasteiger partial charge in [0.1, 0.15) is 6.04 Å². The molecule has 130 valence electrons. The number of benzene rings is 2. The molecule has 0 saturated carbocycles. The SMILES string of the molecule is CC(C)(C)C1OC(=O)C(Cc2ccccc2)N1C(=O)c1ccccc1. The van der Waals surface area contributed by atoms with E-state index in [1.807, 2.05) is 69.3 Å². The van der Waals surface area contributed by atoms with Crippen molar-refractivity contribution in [3.05, 3.63) is 71.8 Å². The first-order chi connectivity index (χ1) is 11.9. The highest BCUT2D eigenvalue weighted by atomic mass is 16.6. The van der Waals surface area contributed by atoms with Crippen LogP contribution in [0.5, 0.6) is 0 Å². The van der Waals surface area contributed by atoms with Crippen LogP contribution in [0.4, 0.5) is 0 Å². The molecule has 2 unspecified atom stereocenters. The Hall–Kier alpha value is -2.62. The minimum atomic E-state index is -0.612. The van der Waals surface area contributed by atoms with Crippen LogP contribution in [-0.2, 0) is 16.0 Å². The van der Waals surface area contributed by atoms with Crippen molar-refractivity contribution in [2.75, 3.05) is 0 Å². The molecule has 2 aromatic carbocycles. The van der Waals surface area contributed by atoms with E-state index in [4.69, 9.17) is 4.74 Å². The van der Waals surface area contributed by atoms with Crippen LogP contribution >= 0.6 is 0 Å². The van der Waals surface area contributed by atoms with Gasteiger partial charge in [0.25, 0.3) is 5.91 Å². The van der Waals surface area contributed by atoms with Gasteiger partial charge in [-0.3, -0.25) is 9.69 Å². The molecule has 1 aliphatic rings. The van der Waals surface area contributed by atoms with E-state index in [0.29, 0.717) is 12.0 Å². The number of carbonyl (C=O) groups is 2. The molecule has 0 aromatic heterocycles. The van der Waals surface area contributed by atoms with E-state index in [1.54, 1.807) is 17.0 Å². The molecule has 2 atom stereocenters. The van der Waals surface area contributed by atoms with Crippen LogP contribution in [0.3, 0.4) is 0 Å². The molecule has 0 N–H and O–H groups in total. The number of cyclic esters (lactones) is 1. The molecule has 1 fully saturated rings. The van der Waals surface area contributed by atoms with E-state index >= 15 is 0 Å². The van der Waals surface area contributed by atoms with Crippen molar-refractivity contribution in [1.82, 2.24) is 4.90 Å². The minimum Gasteiger partial charge on any atom is -0.439 e. The molecule has 0 spiro atoms. The number of esters is 1. The van der Waals surface area contributed by atoms with E-state index in [1.165, 1.54) is 0 Å². The highest BCUT2D eigenvalue weighted by Gasteiger charge is 2.49. The van der Waals surface area contributed by atoms with Crippen molar-refractivity contribution < 1.29 is 14.3 Å². The summed E-state index contributed by atoms with van der Waals surface area (Å²) in [6.07, 6.45) is -0.133. The maximum Gasteiger partial charge on any atom is 0.331 e. The molecule has 0 bridgehead atoms. The molecule has 1 heterocycles. The van der Waals surface area contributed by atoms with Crippen LogP contribution in [0.15, 0.2) is 60.7 Å². The van der Waals surface area contributed by atoms with Gasteiger partial charge in [-0.15, -0.1) is 0 Å². The lowest BCUT2D eigenvalue weighted by atomic mass is 9.92. The second-order valence-corrected chi connectivity index (χ2v) is 7.44. The average Bonchev–Trinajstić information content (AvgIpc) is 2.93. The minimum absolute atomic E-state index is 0.174. The Kier molecular flexibility index (Phi) is 4.62. The quantitative estimate of drug-likeness (QED) is 0.803. The summed E-state index contributed by atoms with van der Waals surface area (Å²) in [5.41, 5.74) is 1.20. The van der Waals surface area contributed by atoms with Crippen LogP contribution in [0.2, 0.25) is 0 Å². The molecule has 0 aliphatic carbocycles. The second-order valence-electron chi connectivity index (χ2n) is 7.44. The zero-order valence-corrected chi connectivity index (χ0v) is 14.8. The largest absolute Gasteiger partial charge is 0.439 e. The highest BCUT2D eigenvalue weighted by molar-refractivity contribution is 5.98. The molecule has 1 aliphatic heterocycles. The van der Waals surface area contributed by atoms with Crippen LogP contribution in [-0.4, -0.2) is 29.0 Å². The van der Waals surface area contributed by atoms with E-state index < -0.39 is 12.3 Å².